The molecule has 132 valence electrons. The highest BCUT2D eigenvalue weighted by atomic mass is 16.1. The number of aliphatic imine (C=N–C) groups is 1. The number of amides is 1. The minimum Gasteiger partial charge on any atom is -0.370 e. The van der Waals surface area contributed by atoms with E-state index in [4.69, 9.17) is 5.73 Å². The van der Waals surface area contributed by atoms with Gasteiger partial charge in [-0.05, 0) is 37.0 Å². The van der Waals surface area contributed by atoms with Gasteiger partial charge in [-0.15, -0.1) is 0 Å². The maximum Gasteiger partial charge on any atom is 0.251 e. The number of nitrogens with one attached hydrogen (secondary N) is 2. The zero-order valence-electron chi connectivity index (χ0n) is 14.7. The number of unbranched alkanes of at least 4 members (excludes halogenated alkanes) is 1. The molecule has 0 heterocycles. The molecule has 1 aromatic carbocycles. The molecule has 1 amide bonds. The summed E-state index contributed by atoms with van der Waals surface area (Å²) in [4.78, 5) is 16.4. The number of carbonyl (C=O) groups excluding carboxylic acids is 1. The standard InChI is InChI=1S/C19H30N4O/c1-2-3-13-21-18(24)16-11-9-15(10-12-16)14-22-19(20)23-17-7-5-4-6-8-17/h9-12,17H,2-8,13-14H2,1H3,(H,21,24)(H3,20,22,23). The molecule has 0 aromatic heterocycles. The van der Waals surface area contributed by atoms with Crippen LogP contribution in [-0.4, -0.2) is 24.5 Å². The van der Waals surface area contributed by atoms with Gasteiger partial charge in [0, 0.05) is 18.2 Å². The Morgan fingerprint density at radius 3 is 2.58 bits per heavy atom. The predicted octanol–water partition coefficient (Wildman–Crippen LogP) is 2.95. The van der Waals surface area contributed by atoms with Crippen LogP contribution in [0.2, 0.25) is 0 Å². The van der Waals surface area contributed by atoms with Crippen LogP contribution in [0.25, 0.3) is 0 Å². The topological polar surface area (TPSA) is 79.5 Å². The van der Waals surface area contributed by atoms with Crippen LogP contribution in [0.3, 0.4) is 0 Å². The summed E-state index contributed by atoms with van der Waals surface area (Å²) in [5.74, 6) is 0.500. The number of rotatable bonds is 7. The van der Waals surface area contributed by atoms with Crippen LogP contribution in [-0.2, 0) is 6.54 Å². The molecule has 0 spiro atoms. The highest BCUT2D eigenvalue weighted by Gasteiger charge is 2.13. The van der Waals surface area contributed by atoms with Crippen LogP contribution in [0, 0.1) is 0 Å². The van der Waals surface area contributed by atoms with Crippen molar-refractivity contribution in [2.75, 3.05) is 6.54 Å². The molecule has 0 atom stereocenters. The molecule has 1 aliphatic carbocycles. The van der Waals surface area contributed by atoms with Gasteiger partial charge < -0.3 is 16.4 Å². The normalized spacial score (nSPS) is 16.0. The van der Waals surface area contributed by atoms with Gasteiger partial charge >= 0.3 is 0 Å². The van der Waals surface area contributed by atoms with Crippen LogP contribution in [0.5, 0.6) is 0 Å². The Balaban J connectivity index is 1.80. The molecule has 2 rings (SSSR count). The van der Waals surface area contributed by atoms with Crippen LogP contribution < -0.4 is 16.4 Å². The van der Waals surface area contributed by atoms with Gasteiger partial charge in [0.1, 0.15) is 0 Å². The van der Waals surface area contributed by atoms with Gasteiger partial charge in [0.2, 0.25) is 0 Å². The maximum absolute atomic E-state index is 11.9. The molecule has 5 nitrogen and oxygen atoms in total. The Bertz CT molecular complexity index is 533. The third-order valence-electron chi connectivity index (χ3n) is 4.42. The van der Waals surface area contributed by atoms with E-state index in [1.165, 1.54) is 32.1 Å². The summed E-state index contributed by atoms with van der Waals surface area (Å²) in [7, 11) is 0. The molecule has 0 radical (unpaired) electrons. The first-order chi connectivity index (χ1) is 11.7. The molecule has 0 unspecified atom stereocenters. The predicted molar refractivity (Wildman–Crippen MR) is 99.0 cm³/mol. The lowest BCUT2D eigenvalue weighted by Crippen LogP contribution is -2.41. The van der Waals surface area contributed by atoms with Gasteiger partial charge in [-0.25, -0.2) is 4.99 Å². The molecule has 1 aliphatic rings. The van der Waals surface area contributed by atoms with Gasteiger partial charge in [-0.1, -0.05) is 44.7 Å². The summed E-state index contributed by atoms with van der Waals surface area (Å²) in [5.41, 5.74) is 7.71. The van der Waals surface area contributed by atoms with E-state index in [-0.39, 0.29) is 5.91 Å². The van der Waals surface area contributed by atoms with E-state index in [2.05, 4.69) is 22.5 Å². The van der Waals surface area contributed by atoms with E-state index in [0.717, 1.165) is 24.9 Å². The van der Waals surface area contributed by atoms with Crippen molar-refractivity contribution in [2.45, 2.75) is 64.5 Å². The molecule has 0 aliphatic heterocycles. The van der Waals surface area contributed by atoms with E-state index in [1.807, 2.05) is 24.3 Å². The third-order valence-corrected chi connectivity index (χ3v) is 4.42. The fraction of sp³-hybridized carbons (Fsp3) is 0.579. The summed E-state index contributed by atoms with van der Waals surface area (Å²) in [5, 5.41) is 6.23. The van der Waals surface area contributed by atoms with E-state index >= 15 is 0 Å². The second kappa shape index (κ2) is 9.96. The molecule has 1 fully saturated rings. The summed E-state index contributed by atoms with van der Waals surface area (Å²) < 4.78 is 0. The molecule has 1 saturated carbocycles. The van der Waals surface area contributed by atoms with Gasteiger partial charge in [-0.2, -0.15) is 0 Å². The van der Waals surface area contributed by atoms with Crippen molar-refractivity contribution in [1.29, 1.82) is 0 Å². The Labute approximate surface area is 145 Å². The molecule has 5 heteroatoms. The Kier molecular flexibility index (Phi) is 7.59. The summed E-state index contributed by atoms with van der Waals surface area (Å²) in [6, 6.07) is 8.03. The largest absolute Gasteiger partial charge is 0.370 e. The van der Waals surface area contributed by atoms with Crippen LogP contribution in [0.15, 0.2) is 29.3 Å². The minimum absolute atomic E-state index is 0.0167. The van der Waals surface area contributed by atoms with Crippen LogP contribution in [0.1, 0.15) is 67.8 Å². The number of nitrogens with two attached hydrogens (primary N) is 1. The van der Waals surface area contributed by atoms with Crippen molar-refractivity contribution in [1.82, 2.24) is 10.6 Å². The number of nitrogens with zero attached hydrogens (tertiary/aromatic N) is 1. The van der Waals surface area contributed by atoms with E-state index in [9.17, 15) is 4.79 Å². The Morgan fingerprint density at radius 2 is 1.92 bits per heavy atom. The average molecular weight is 330 g/mol. The van der Waals surface area contributed by atoms with Gasteiger partial charge in [0.15, 0.2) is 5.96 Å². The van der Waals surface area contributed by atoms with Gasteiger partial charge in [0.25, 0.3) is 5.91 Å². The monoisotopic (exact) mass is 330 g/mol. The van der Waals surface area contributed by atoms with Crippen molar-refractivity contribution in [3.63, 3.8) is 0 Å². The molecule has 0 saturated heterocycles. The van der Waals surface area contributed by atoms with Crippen molar-refractivity contribution in [2.24, 2.45) is 10.7 Å². The van der Waals surface area contributed by atoms with Crippen molar-refractivity contribution >= 4 is 11.9 Å². The minimum atomic E-state index is -0.0167. The average Bonchev–Trinajstić information content (AvgIpc) is 2.61. The zero-order chi connectivity index (χ0) is 17.2. The lowest BCUT2D eigenvalue weighted by atomic mass is 9.96. The molecule has 4 N–H and O–H groups in total. The second-order valence-corrected chi connectivity index (χ2v) is 6.49. The number of benzene rings is 1. The fourth-order valence-corrected chi connectivity index (χ4v) is 2.92. The Hall–Kier alpha value is -2.04. The molecule has 1 aromatic rings. The summed E-state index contributed by atoms with van der Waals surface area (Å²) >= 11 is 0. The first-order valence-corrected chi connectivity index (χ1v) is 9.12. The summed E-state index contributed by atoms with van der Waals surface area (Å²) in [6.07, 6.45) is 8.31. The van der Waals surface area contributed by atoms with E-state index in [0.29, 0.717) is 24.1 Å². The van der Waals surface area contributed by atoms with Crippen molar-refractivity contribution in [3.8, 4) is 0 Å². The van der Waals surface area contributed by atoms with Crippen molar-refractivity contribution < 1.29 is 4.79 Å². The maximum atomic E-state index is 11.9. The lowest BCUT2D eigenvalue weighted by molar-refractivity contribution is 0.0953. The highest BCUT2D eigenvalue weighted by molar-refractivity contribution is 5.94. The van der Waals surface area contributed by atoms with E-state index in [1.54, 1.807) is 0 Å². The first-order valence-electron chi connectivity index (χ1n) is 9.12. The zero-order valence-corrected chi connectivity index (χ0v) is 14.7. The fourth-order valence-electron chi connectivity index (χ4n) is 2.92. The summed E-state index contributed by atoms with van der Waals surface area (Å²) in [6.45, 7) is 3.37. The van der Waals surface area contributed by atoms with E-state index < -0.39 is 0 Å². The first kappa shape index (κ1) is 18.3. The molecule has 0 bridgehead atoms. The third kappa shape index (κ3) is 6.22. The van der Waals surface area contributed by atoms with Gasteiger partial charge in [-0.3, -0.25) is 4.79 Å². The lowest BCUT2D eigenvalue weighted by Gasteiger charge is -2.23. The van der Waals surface area contributed by atoms with Gasteiger partial charge in [0.05, 0.1) is 6.54 Å². The van der Waals surface area contributed by atoms with Crippen molar-refractivity contribution in [3.05, 3.63) is 35.4 Å². The smallest absolute Gasteiger partial charge is 0.251 e. The van der Waals surface area contributed by atoms with Crippen LogP contribution >= 0.6 is 0 Å². The number of guanidine groups is 1. The molecular weight excluding hydrogens is 300 g/mol. The number of carbonyl (C=O) groups is 1. The van der Waals surface area contributed by atoms with Crippen LogP contribution in [0.4, 0.5) is 0 Å². The molecular formula is C19H30N4O. The number of hydrogen-bond acceptors (Lipinski definition) is 2. The SMILES string of the molecule is CCCCNC(=O)c1ccc(CN=C(N)NC2CCCCC2)cc1. The number of hydrogen-bond donors (Lipinski definition) is 3. The molecule has 24 heavy (non-hydrogen) atoms. The highest BCUT2D eigenvalue weighted by Crippen LogP contribution is 2.17. The Morgan fingerprint density at radius 1 is 1.21 bits per heavy atom. The second-order valence-electron chi connectivity index (χ2n) is 6.49. The quantitative estimate of drug-likeness (QED) is 0.408.